The van der Waals surface area contributed by atoms with Crippen LogP contribution in [0.3, 0.4) is 0 Å². The molecule has 0 spiro atoms. The van der Waals surface area contributed by atoms with Gasteiger partial charge in [0.2, 0.25) is 11.1 Å². The number of carbonyl (C=O) groups is 4. The molecule has 2 amide bonds. The molecule has 1 saturated heterocycles. The van der Waals surface area contributed by atoms with Gasteiger partial charge in [0, 0.05) is 29.7 Å². The molecule has 2 atom stereocenters. The Morgan fingerprint density at radius 3 is 2.78 bits per heavy atom. The zero-order chi connectivity index (χ0) is 28.8. The first kappa shape index (κ1) is 30.5. The summed E-state index contributed by atoms with van der Waals surface area (Å²) in [5.74, 6) is -3.68. The van der Waals surface area contributed by atoms with Gasteiger partial charge in [0.1, 0.15) is 22.8 Å². The van der Waals surface area contributed by atoms with Crippen molar-refractivity contribution >= 4 is 63.2 Å². The molecular weight excluding hydrogens is 585 g/mol. The van der Waals surface area contributed by atoms with Gasteiger partial charge in [0.15, 0.2) is 17.0 Å². The van der Waals surface area contributed by atoms with Crippen molar-refractivity contribution in [3.8, 4) is 0 Å². The number of carbonyl (C=O) groups excluding carboxylic acids is 2. The van der Waals surface area contributed by atoms with E-state index in [-0.39, 0.29) is 53.2 Å². The number of thiazole rings is 1. The van der Waals surface area contributed by atoms with E-state index < -0.39 is 40.8 Å². The summed E-state index contributed by atoms with van der Waals surface area (Å²) in [5, 5.41) is 29.6. The van der Waals surface area contributed by atoms with Gasteiger partial charge >= 0.3 is 41.5 Å². The molecule has 0 aromatic carbocycles. The van der Waals surface area contributed by atoms with E-state index >= 15 is 0 Å². The van der Waals surface area contributed by atoms with Gasteiger partial charge in [-0.3, -0.25) is 14.5 Å². The summed E-state index contributed by atoms with van der Waals surface area (Å²) in [5.41, 5.74) is 5.81. The predicted molar refractivity (Wildman–Crippen MR) is 144 cm³/mol. The topological polar surface area (TPSA) is 204 Å². The summed E-state index contributed by atoms with van der Waals surface area (Å²) in [7, 11) is 0. The van der Waals surface area contributed by atoms with Crippen LogP contribution in [0.15, 0.2) is 52.4 Å². The van der Waals surface area contributed by atoms with Gasteiger partial charge in [-0.05, 0) is 25.5 Å². The number of amides is 2. The number of aromatic nitrogens is 3. The van der Waals surface area contributed by atoms with Gasteiger partial charge in [-0.2, -0.15) is 5.10 Å². The molecule has 0 aliphatic carbocycles. The fourth-order valence-corrected chi connectivity index (χ4v) is 6.13. The van der Waals surface area contributed by atoms with Crippen molar-refractivity contribution in [2.75, 3.05) is 11.5 Å². The molecule has 1 fully saturated rings. The van der Waals surface area contributed by atoms with E-state index in [2.05, 4.69) is 20.6 Å². The predicted octanol–water partition coefficient (Wildman–Crippen LogP) is -2.53. The Bertz CT molecular complexity index is 1620. The maximum absolute atomic E-state index is 13.2. The van der Waals surface area contributed by atoms with Crippen molar-refractivity contribution in [3.05, 3.63) is 58.5 Å². The molecule has 2 aliphatic rings. The largest absolute Gasteiger partial charge is 1.00 e. The van der Waals surface area contributed by atoms with E-state index in [1.807, 2.05) is 28.9 Å². The quantitative estimate of drug-likeness (QED) is 0.0565. The van der Waals surface area contributed by atoms with Crippen LogP contribution in [0.1, 0.15) is 26.5 Å². The first-order valence-corrected chi connectivity index (χ1v) is 13.8. The summed E-state index contributed by atoms with van der Waals surface area (Å²) in [6.45, 7) is 2.50. The number of carboxylic acid groups (broad SMARTS) is 2. The average Bonchev–Trinajstić information content (AvgIpc) is 3.53. The number of aliphatic carboxylic acids is 2. The van der Waals surface area contributed by atoms with Crippen molar-refractivity contribution in [1.82, 2.24) is 20.3 Å². The fourth-order valence-electron chi connectivity index (χ4n) is 4.24. The monoisotopic (exact) mass is 610 g/mol. The van der Waals surface area contributed by atoms with Crippen LogP contribution in [0, 0.1) is 0 Å². The number of nitrogens with one attached hydrogen (secondary N) is 2. The van der Waals surface area contributed by atoms with Crippen molar-refractivity contribution in [2.45, 2.75) is 37.3 Å². The van der Waals surface area contributed by atoms with Gasteiger partial charge in [-0.25, -0.2) is 14.6 Å². The third kappa shape index (κ3) is 5.83. The van der Waals surface area contributed by atoms with Crippen LogP contribution >= 0.6 is 23.1 Å². The van der Waals surface area contributed by atoms with E-state index in [1.54, 1.807) is 6.20 Å². The molecule has 14 nitrogen and oxygen atoms in total. The van der Waals surface area contributed by atoms with Crippen molar-refractivity contribution in [1.29, 1.82) is 0 Å². The molecule has 3 aromatic rings. The van der Waals surface area contributed by atoms with Crippen LogP contribution < -0.4 is 45.1 Å². The van der Waals surface area contributed by atoms with Crippen LogP contribution in [0.5, 0.6) is 0 Å². The van der Waals surface area contributed by atoms with E-state index in [4.69, 9.17) is 10.6 Å². The van der Waals surface area contributed by atoms with Crippen LogP contribution in [0.25, 0.3) is 5.52 Å². The minimum Gasteiger partial charge on any atom is -1.00 e. The number of hydrogen-bond donors (Lipinski definition) is 5. The number of nitrogen functional groups attached to an aromatic ring is 1. The van der Waals surface area contributed by atoms with Crippen LogP contribution in [-0.4, -0.2) is 77.4 Å². The van der Waals surface area contributed by atoms with Crippen molar-refractivity contribution in [2.24, 2.45) is 5.16 Å². The second-order valence-corrected chi connectivity index (χ2v) is 11.5. The van der Waals surface area contributed by atoms with Gasteiger partial charge in [0.05, 0.1) is 11.8 Å². The Kier molecular flexibility index (Phi) is 8.79. The van der Waals surface area contributed by atoms with E-state index in [0.29, 0.717) is 17.7 Å². The van der Waals surface area contributed by atoms with Gasteiger partial charge in [-0.15, -0.1) is 23.1 Å². The zero-order valence-corrected chi connectivity index (χ0v) is 25.8. The average molecular weight is 611 g/mol. The van der Waals surface area contributed by atoms with E-state index in [1.165, 1.54) is 35.9 Å². The molecule has 0 bridgehead atoms. The third-order valence-electron chi connectivity index (χ3n) is 6.37. The van der Waals surface area contributed by atoms with Crippen molar-refractivity contribution < 1.29 is 69.7 Å². The molecule has 5 heterocycles. The molecule has 0 radical (unpaired) electrons. The Labute approximate surface area is 264 Å². The molecule has 6 N–H and O–H groups in total. The minimum atomic E-state index is -1.75. The summed E-state index contributed by atoms with van der Waals surface area (Å²) in [4.78, 5) is 60.4. The number of thioether (sulfide) groups is 1. The summed E-state index contributed by atoms with van der Waals surface area (Å²) < 4.78 is 1.81. The standard InChI is InChI=1S/C24H23N7O7S2.Na.H/c1-24(2,22(36)37)38-29-15(13-10-40-23(25)27-13)18(32)28-16-19(33)31-17(21(34)35)12(9-39-20(16)31)7-11-8-26-30-6-4-3-5-14(11)30;;/h3-6,8,10,16,20H,7,9H2,1-2H3,(H5,25,27,28,32,34,35,36,37);;/q;+1;-1/p+1/b29-15-;;/t16-,20-;;/m1../s1. The third-order valence-corrected chi connectivity index (χ3v) is 8.38. The molecule has 0 saturated carbocycles. The van der Waals surface area contributed by atoms with Crippen LogP contribution in [0.2, 0.25) is 0 Å². The number of β-lactam (4-membered cyclic amide) rings is 1. The number of rotatable bonds is 9. The number of nitrogens with two attached hydrogens (primary N) is 1. The number of carboxylic acids is 2. The Hall–Kier alpha value is -3.44. The Morgan fingerprint density at radius 2 is 2.12 bits per heavy atom. The molecule has 17 heteroatoms. The number of aromatic amines is 1. The maximum Gasteiger partial charge on any atom is 1.00 e. The SMILES string of the molecule is CC(C)(O/N=C(\C(=O)N[C@@H]1C(=O)N2C(C(=O)O)=C(Cc3c[nH][n+]4ccccc34)CS[C@H]12)c1csc(N)n1)C(=O)O.[H-].[Na+]. The van der Waals surface area contributed by atoms with Crippen LogP contribution in [0.4, 0.5) is 5.13 Å². The molecule has 210 valence electrons. The first-order chi connectivity index (χ1) is 19.0. The number of hydrogen-bond acceptors (Lipinski definition) is 10. The number of pyridine rings is 1. The van der Waals surface area contributed by atoms with Crippen molar-refractivity contribution in [3.63, 3.8) is 0 Å². The number of H-pyrrole nitrogens is 1. The molecular formula is C24H25N7NaO7S2+. The van der Waals surface area contributed by atoms with E-state index in [0.717, 1.165) is 22.4 Å². The second kappa shape index (κ2) is 11.8. The van der Waals surface area contributed by atoms with Gasteiger partial charge < -0.3 is 27.5 Å². The molecule has 0 unspecified atom stereocenters. The number of anilines is 1. The number of nitrogens with zero attached hydrogens (tertiary/aromatic N) is 4. The second-order valence-electron chi connectivity index (χ2n) is 9.47. The zero-order valence-electron chi connectivity index (χ0n) is 23.2. The van der Waals surface area contributed by atoms with Crippen LogP contribution in [-0.2, 0) is 30.4 Å². The number of oxime groups is 1. The number of fused-ring (bicyclic) bond motifs is 2. The Morgan fingerprint density at radius 1 is 1.37 bits per heavy atom. The summed E-state index contributed by atoms with van der Waals surface area (Å²) in [6.07, 6.45) is 3.95. The molecule has 3 aromatic heterocycles. The van der Waals surface area contributed by atoms with E-state index in [9.17, 15) is 29.4 Å². The molecule has 5 rings (SSSR count). The first-order valence-electron chi connectivity index (χ1n) is 11.9. The maximum atomic E-state index is 13.2. The fraction of sp³-hybridized carbons (Fsp3) is 0.292. The molecule has 41 heavy (non-hydrogen) atoms. The normalized spacial score (nSPS) is 18.8. The summed E-state index contributed by atoms with van der Waals surface area (Å²) in [6, 6.07) is 4.60. The smallest absolute Gasteiger partial charge is 1.00 e. The molecule has 2 aliphatic heterocycles. The summed E-state index contributed by atoms with van der Waals surface area (Å²) >= 11 is 2.36. The Balaban J connectivity index is 0.00000242. The minimum absolute atomic E-state index is 0. The van der Waals surface area contributed by atoms with Gasteiger partial charge in [-0.1, -0.05) is 9.67 Å². The van der Waals surface area contributed by atoms with Gasteiger partial charge in [0.25, 0.3) is 11.8 Å².